The lowest BCUT2D eigenvalue weighted by molar-refractivity contribution is 0.304. The van der Waals surface area contributed by atoms with Gasteiger partial charge in [-0.05, 0) is 24.1 Å². The third-order valence-corrected chi connectivity index (χ3v) is 3.13. The Morgan fingerprint density at radius 3 is 2.17 bits per heavy atom. The zero-order chi connectivity index (χ0) is 13.1. The normalized spacial score (nSPS) is 10.3. The number of hydrogen-bond donors (Lipinski definition) is 0. The second-order valence-corrected chi connectivity index (χ2v) is 4.74. The highest BCUT2D eigenvalue weighted by atomic mass is 16.5. The molecule has 0 bridgehead atoms. The molecule has 1 heteroatoms. The van der Waals surface area contributed by atoms with Gasteiger partial charge in [0.2, 0.25) is 0 Å². The van der Waals surface area contributed by atoms with Crippen LogP contribution in [0, 0.1) is 0 Å². The van der Waals surface area contributed by atoms with Crippen molar-refractivity contribution < 1.29 is 4.74 Å². The first-order chi connectivity index (χ1) is 8.86. The molecule has 0 aliphatic rings. The summed E-state index contributed by atoms with van der Waals surface area (Å²) in [5.74, 6) is 0.964. The first kappa shape index (κ1) is 14.8. The minimum Gasteiger partial charge on any atom is -0.494 e. The first-order valence-electron chi connectivity index (χ1n) is 7.22. The summed E-state index contributed by atoms with van der Waals surface area (Å²) in [7, 11) is 0. The molecular weight excluding hydrogens is 220 g/mol. The zero-order valence-corrected chi connectivity index (χ0v) is 11.7. The molecule has 0 heterocycles. The second-order valence-electron chi connectivity index (χ2n) is 4.74. The zero-order valence-electron chi connectivity index (χ0n) is 11.7. The highest BCUT2D eigenvalue weighted by Gasteiger charge is 1.94. The van der Waals surface area contributed by atoms with Gasteiger partial charge in [0, 0.05) is 0 Å². The van der Waals surface area contributed by atoms with E-state index in [0.29, 0.717) is 0 Å². The molecule has 0 saturated heterocycles. The van der Waals surface area contributed by atoms with Crippen LogP contribution >= 0.6 is 0 Å². The van der Waals surface area contributed by atoms with Crippen molar-refractivity contribution in [2.24, 2.45) is 0 Å². The van der Waals surface area contributed by atoms with Gasteiger partial charge < -0.3 is 4.74 Å². The molecular formula is C17H26O. The van der Waals surface area contributed by atoms with Crippen molar-refractivity contribution in [3.05, 3.63) is 36.4 Å². The van der Waals surface area contributed by atoms with E-state index in [1.54, 1.807) is 0 Å². The lowest BCUT2D eigenvalue weighted by atomic mass is 10.1. The summed E-state index contributed by atoms with van der Waals surface area (Å²) in [5.41, 5.74) is 1.14. The first-order valence-corrected chi connectivity index (χ1v) is 7.22. The van der Waals surface area contributed by atoms with E-state index in [0.717, 1.165) is 24.3 Å². The molecule has 0 amide bonds. The lowest BCUT2D eigenvalue weighted by Crippen LogP contribution is -1.97. The summed E-state index contributed by atoms with van der Waals surface area (Å²) in [4.78, 5) is 0. The predicted octanol–water partition coefficient (Wildman–Crippen LogP) is 5.46. The van der Waals surface area contributed by atoms with Crippen LogP contribution in [-0.4, -0.2) is 6.61 Å². The smallest absolute Gasteiger partial charge is 0.119 e. The second kappa shape index (κ2) is 9.76. The van der Waals surface area contributed by atoms with E-state index in [4.69, 9.17) is 4.74 Å². The van der Waals surface area contributed by atoms with Crippen molar-refractivity contribution in [3.8, 4) is 5.75 Å². The Balaban J connectivity index is 2.01. The maximum atomic E-state index is 5.70. The summed E-state index contributed by atoms with van der Waals surface area (Å²) < 4.78 is 5.70. The van der Waals surface area contributed by atoms with Crippen molar-refractivity contribution in [2.75, 3.05) is 6.61 Å². The van der Waals surface area contributed by atoms with Crippen LogP contribution in [0.15, 0.2) is 30.8 Å². The van der Waals surface area contributed by atoms with Crippen LogP contribution in [0.4, 0.5) is 0 Å². The molecule has 0 atom stereocenters. The van der Waals surface area contributed by atoms with Crippen molar-refractivity contribution in [1.29, 1.82) is 0 Å². The molecule has 1 aromatic rings. The average Bonchev–Trinajstić information content (AvgIpc) is 2.42. The Labute approximate surface area is 112 Å². The van der Waals surface area contributed by atoms with Crippen LogP contribution in [-0.2, 0) is 0 Å². The van der Waals surface area contributed by atoms with Crippen LogP contribution in [0.25, 0.3) is 6.08 Å². The van der Waals surface area contributed by atoms with Gasteiger partial charge in [-0.2, -0.15) is 0 Å². The quantitative estimate of drug-likeness (QED) is 0.498. The largest absolute Gasteiger partial charge is 0.494 e. The van der Waals surface area contributed by atoms with Gasteiger partial charge in [-0.15, -0.1) is 0 Å². The van der Waals surface area contributed by atoms with Crippen LogP contribution in [0.5, 0.6) is 5.75 Å². The van der Waals surface area contributed by atoms with Gasteiger partial charge in [-0.25, -0.2) is 0 Å². The predicted molar refractivity (Wildman–Crippen MR) is 80.0 cm³/mol. The highest BCUT2D eigenvalue weighted by molar-refractivity contribution is 5.48. The lowest BCUT2D eigenvalue weighted by Gasteiger charge is -2.06. The third kappa shape index (κ3) is 6.48. The Bertz CT molecular complexity index is 313. The van der Waals surface area contributed by atoms with Crippen molar-refractivity contribution in [3.63, 3.8) is 0 Å². The molecule has 18 heavy (non-hydrogen) atoms. The highest BCUT2D eigenvalue weighted by Crippen LogP contribution is 2.14. The van der Waals surface area contributed by atoms with Gasteiger partial charge in [0.1, 0.15) is 5.75 Å². The van der Waals surface area contributed by atoms with Gasteiger partial charge in [0.15, 0.2) is 0 Å². The number of unbranched alkanes of at least 4 members (excludes halogenated alkanes) is 6. The molecule has 1 aromatic carbocycles. The molecule has 1 nitrogen and oxygen atoms in total. The average molecular weight is 246 g/mol. The van der Waals surface area contributed by atoms with E-state index in [2.05, 4.69) is 13.5 Å². The molecule has 0 radical (unpaired) electrons. The number of hydrogen-bond acceptors (Lipinski definition) is 1. The van der Waals surface area contributed by atoms with Gasteiger partial charge in [-0.3, -0.25) is 0 Å². The Morgan fingerprint density at radius 1 is 0.944 bits per heavy atom. The minimum absolute atomic E-state index is 0.835. The summed E-state index contributed by atoms with van der Waals surface area (Å²) >= 11 is 0. The van der Waals surface area contributed by atoms with E-state index in [1.807, 2.05) is 30.3 Å². The monoisotopic (exact) mass is 246 g/mol. The van der Waals surface area contributed by atoms with Gasteiger partial charge in [-0.1, -0.05) is 70.2 Å². The van der Waals surface area contributed by atoms with Crippen molar-refractivity contribution >= 4 is 6.08 Å². The van der Waals surface area contributed by atoms with Crippen LogP contribution in [0.3, 0.4) is 0 Å². The molecule has 0 spiro atoms. The molecule has 1 rings (SSSR count). The van der Waals surface area contributed by atoms with Crippen molar-refractivity contribution in [1.82, 2.24) is 0 Å². The van der Waals surface area contributed by atoms with Gasteiger partial charge >= 0.3 is 0 Å². The molecule has 0 N–H and O–H groups in total. The fourth-order valence-electron chi connectivity index (χ4n) is 1.95. The van der Waals surface area contributed by atoms with E-state index in [-0.39, 0.29) is 0 Å². The fraction of sp³-hybridized carbons (Fsp3) is 0.529. The SMILES string of the molecule is C=Cc1ccc(OCCCCCCCCC)cc1. The summed E-state index contributed by atoms with van der Waals surface area (Å²) in [6.45, 7) is 6.83. The third-order valence-electron chi connectivity index (χ3n) is 3.13. The fourth-order valence-corrected chi connectivity index (χ4v) is 1.95. The number of ether oxygens (including phenoxy) is 1. The van der Waals surface area contributed by atoms with Gasteiger partial charge in [0.25, 0.3) is 0 Å². The maximum Gasteiger partial charge on any atom is 0.119 e. The van der Waals surface area contributed by atoms with Crippen LogP contribution in [0.2, 0.25) is 0 Å². The summed E-state index contributed by atoms with van der Waals surface area (Å²) in [6.07, 6.45) is 11.1. The topological polar surface area (TPSA) is 9.23 Å². The molecule has 0 aromatic heterocycles. The van der Waals surface area contributed by atoms with Crippen LogP contribution in [0.1, 0.15) is 57.4 Å². The number of rotatable bonds is 10. The van der Waals surface area contributed by atoms with Gasteiger partial charge in [0.05, 0.1) is 6.61 Å². The molecule has 100 valence electrons. The van der Waals surface area contributed by atoms with E-state index in [9.17, 15) is 0 Å². The number of benzene rings is 1. The molecule has 0 fully saturated rings. The standard InChI is InChI=1S/C17H26O/c1-3-5-6-7-8-9-10-15-18-17-13-11-16(4-2)12-14-17/h4,11-14H,2-3,5-10,15H2,1H3. The maximum absolute atomic E-state index is 5.70. The molecule has 0 aliphatic carbocycles. The van der Waals surface area contributed by atoms with E-state index < -0.39 is 0 Å². The molecule has 0 saturated carbocycles. The molecule has 0 aliphatic heterocycles. The van der Waals surface area contributed by atoms with E-state index >= 15 is 0 Å². The van der Waals surface area contributed by atoms with Crippen LogP contribution < -0.4 is 4.74 Å². The van der Waals surface area contributed by atoms with E-state index in [1.165, 1.54) is 38.5 Å². The Hall–Kier alpha value is -1.24. The van der Waals surface area contributed by atoms with Crippen molar-refractivity contribution in [2.45, 2.75) is 51.9 Å². The minimum atomic E-state index is 0.835. The Kier molecular flexibility index (Phi) is 8.03. The summed E-state index contributed by atoms with van der Waals surface area (Å²) in [5, 5.41) is 0. The molecule has 0 unspecified atom stereocenters. The summed E-state index contributed by atoms with van der Waals surface area (Å²) in [6, 6.07) is 8.09. The Morgan fingerprint density at radius 2 is 1.56 bits per heavy atom.